The molecule has 0 aromatic heterocycles. The smallest absolute Gasteiger partial charge is 0.352 e. The number of carboxylic acids is 1. The molecule has 1 amide bonds. The number of carbonyl (C=O) groups excluding carboxylic acids is 1. The molecule has 0 aromatic carbocycles. The van der Waals surface area contributed by atoms with Crippen molar-refractivity contribution in [3.8, 4) is 0 Å². The van der Waals surface area contributed by atoms with E-state index in [0.717, 1.165) is 29.4 Å². The van der Waals surface area contributed by atoms with Gasteiger partial charge in [-0.25, -0.2) is 4.79 Å². The van der Waals surface area contributed by atoms with Crippen LogP contribution in [-0.2, 0) is 14.3 Å². The number of rotatable bonds is 5. The number of fused-ring (bicyclic) bond motifs is 3. The van der Waals surface area contributed by atoms with Gasteiger partial charge in [0.25, 0.3) is 0 Å². The first-order valence-electron chi connectivity index (χ1n) is 9.78. The van der Waals surface area contributed by atoms with Crippen LogP contribution in [0.2, 0.25) is 0 Å². The lowest BCUT2D eigenvalue weighted by atomic mass is 9.78. The molecule has 7 heteroatoms. The van der Waals surface area contributed by atoms with Crippen molar-refractivity contribution in [1.82, 2.24) is 4.90 Å². The molecule has 26 heavy (non-hydrogen) atoms. The molecule has 3 saturated heterocycles. The quantitative estimate of drug-likeness (QED) is 0.550. The molecular formula is C19H29N2O5+. The Morgan fingerprint density at radius 1 is 1.38 bits per heavy atom. The molecule has 4 aliphatic rings. The van der Waals surface area contributed by atoms with Gasteiger partial charge in [-0.15, -0.1) is 0 Å². The molecule has 0 unspecified atom stereocenters. The van der Waals surface area contributed by atoms with E-state index in [2.05, 4.69) is 7.05 Å². The number of aliphatic hydroxyl groups is 1. The minimum absolute atomic E-state index is 0.121. The molecule has 5 atom stereocenters. The zero-order valence-corrected chi connectivity index (χ0v) is 15.6. The highest BCUT2D eigenvalue weighted by atomic mass is 16.5. The van der Waals surface area contributed by atoms with Crippen molar-refractivity contribution >= 4 is 11.9 Å². The molecule has 0 radical (unpaired) electrons. The molecule has 0 bridgehead atoms. The summed E-state index contributed by atoms with van der Waals surface area (Å²) in [5.41, 5.74) is 0.909. The van der Waals surface area contributed by atoms with Gasteiger partial charge in [-0.05, 0) is 24.8 Å². The third-order valence-corrected chi connectivity index (χ3v) is 6.91. The Labute approximate surface area is 153 Å². The van der Waals surface area contributed by atoms with Crippen LogP contribution in [0.15, 0.2) is 11.3 Å². The van der Waals surface area contributed by atoms with Crippen LogP contribution in [0.4, 0.5) is 0 Å². The van der Waals surface area contributed by atoms with Gasteiger partial charge in [0.2, 0.25) is 5.91 Å². The van der Waals surface area contributed by atoms with Crippen molar-refractivity contribution in [1.29, 1.82) is 0 Å². The van der Waals surface area contributed by atoms with Gasteiger partial charge in [-0.1, -0.05) is 0 Å². The molecule has 2 N–H and O–H groups in total. The number of aliphatic hydroxyl groups excluding tert-OH is 1. The molecule has 3 fully saturated rings. The predicted molar refractivity (Wildman–Crippen MR) is 93.0 cm³/mol. The van der Waals surface area contributed by atoms with Crippen LogP contribution in [0, 0.1) is 11.8 Å². The number of β-lactam (4-membered cyclic amide) rings is 1. The Balaban J connectivity index is 1.60. The van der Waals surface area contributed by atoms with Gasteiger partial charge in [-0.3, -0.25) is 9.69 Å². The number of carboxylic acid groups (broad SMARTS) is 1. The molecule has 7 nitrogen and oxygen atoms in total. The molecule has 4 rings (SSSR count). The van der Waals surface area contributed by atoms with Crippen LogP contribution < -0.4 is 0 Å². The van der Waals surface area contributed by atoms with Crippen molar-refractivity contribution in [2.75, 3.05) is 33.3 Å². The van der Waals surface area contributed by atoms with Crippen molar-refractivity contribution in [3.05, 3.63) is 11.3 Å². The molecule has 0 aliphatic carbocycles. The second-order valence-corrected chi connectivity index (χ2v) is 8.64. The van der Waals surface area contributed by atoms with Gasteiger partial charge in [0, 0.05) is 25.9 Å². The summed E-state index contributed by atoms with van der Waals surface area (Å²) >= 11 is 0. The zero-order chi connectivity index (χ0) is 18.6. The minimum atomic E-state index is -1.05. The minimum Gasteiger partial charge on any atom is -0.477 e. The standard InChI is InChI=1S/C19H28N2O5/c1-11(22)13-15-17-14(16(19(24)25)20(15)18(13)23)12(6-10-26-17)5-9-21(2)7-3-4-8-21/h11-13,15,17,22H,3-10H2,1-2H3/p+1/t11-,12+,13-,15+,17+/m1/s1. The fraction of sp³-hybridized carbons (Fsp3) is 0.789. The zero-order valence-electron chi connectivity index (χ0n) is 15.6. The van der Waals surface area contributed by atoms with Gasteiger partial charge < -0.3 is 19.4 Å². The summed E-state index contributed by atoms with van der Waals surface area (Å²) in [6.07, 6.45) is 3.08. The number of aliphatic carboxylic acids is 1. The van der Waals surface area contributed by atoms with Crippen molar-refractivity contribution in [2.24, 2.45) is 11.8 Å². The summed E-state index contributed by atoms with van der Waals surface area (Å²) in [6.45, 7) is 5.59. The molecule has 144 valence electrons. The lowest BCUT2D eigenvalue weighted by molar-refractivity contribution is -0.898. The van der Waals surface area contributed by atoms with E-state index in [0.29, 0.717) is 6.61 Å². The first-order chi connectivity index (χ1) is 12.3. The highest BCUT2D eigenvalue weighted by Gasteiger charge is 2.63. The van der Waals surface area contributed by atoms with Crippen LogP contribution in [0.3, 0.4) is 0 Å². The Morgan fingerprint density at radius 2 is 2.08 bits per heavy atom. The van der Waals surface area contributed by atoms with Gasteiger partial charge in [0.05, 0.1) is 44.7 Å². The maximum absolute atomic E-state index is 12.5. The van der Waals surface area contributed by atoms with E-state index < -0.39 is 18.0 Å². The Morgan fingerprint density at radius 3 is 2.69 bits per heavy atom. The molecule has 0 aromatic rings. The normalized spacial score (nSPS) is 36.6. The maximum Gasteiger partial charge on any atom is 0.352 e. The predicted octanol–water partition coefficient (Wildman–Crippen LogP) is 0.582. The largest absolute Gasteiger partial charge is 0.477 e. The third-order valence-electron chi connectivity index (χ3n) is 6.91. The van der Waals surface area contributed by atoms with Crippen LogP contribution in [-0.4, -0.2) is 83.0 Å². The average molecular weight is 365 g/mol. The van der Waals surface area contributed by atoms with Crippen molar-refractivity contribution < 1.29 is 29.0 Å². The second kappa shape index (κ2) is 6.32. The fourth-order valence-electron chi connectivity index (χ4n) is 5.49. The summed E-state index contributed by atoms with van der Waals surface area (Å²) in [5.74, 6) is -1.76. The Kier molecular flexibility index (Phi) is 4.36. The number of carbonyl (C=O) groups is 2. The number of likely N-dealkylation sites (tertiary alicyclic amines) is 1. The van der Waals surface area contributed by atoms with E-state index >= 15 is 0 Å². The first kappa shape index (κ1) is 17.9. The van der Waals surface area contributed by atoms with E-state index in [1.807, 2.05) is 0 Å². The number of nitrogens with zero attached hydrogens (tertiary/aromatic N) is 2. The monoisotopic (exact) mass is 365 g/mol. The highest BCUT2D eigenvalue weighted by Crippen LogP contribution is 2.50. The van der Waals surface area contributed by atoms with E-state index in [1.54, 1.807) is 6.92 Å². The summed E-state index contributed by atoms with van der Waals surface area (Å²) < 4.78 is 7.00. The second-order valence-electron chi connectivity index (χ2n) is 8.64. The van der Waals surface area contributed by atoms with Crippen molar-refractivity contribution in [2.45, 2.75) is 50.9 Å². The topological polar surface area (TPSA) is 87.1 Å². The van der Waals surface area contributed by atoms with Crippen molar-refractivity contribution in [3.63, 3.8) is 0 Å². The van der Waals surface area contributed by atoms with E-state index in [9.17, 15) is 19.8 Å². The third kappa shape index (κ3) is 2.60. The van der Waals surface area contributed by atoms with Gasteiger partial charge in [0.15, 0.2) is 0 Å². The maximum atomic E-state index is 12.5. The summed E-state index contributed by atoms with van der Waals surface area (Å²) in [4.78, 5) is 25.8. The van der Waals surface area contributed by atoms with Crippen LogP contribution in [0.1, 0.15) is 32.6 Å². The van der Waals surface area contributed by atoms with Crippen LogP contribution in [0.25, 0.3) is 0 Å². The average Bonchev–Trinajstić information content (AvgIpc) is 3.13. The Hall–Kier alpha value is -1.44. The summed E-state index contributed by atoms with van der Waals surface area (Å²) in [6, 6.07) is -0.358. The summed E-state index contributed by atoms with van der Waals surface area (Å²) in [7, 11) is 2.28. The van der Waals surface area contributed by atoms with E-state index in [4.69, 9.17) is 4.74 Å². The van der Waals surface area contributed by atoms with Gasteiger partial charge >= 0.3 is 5.97 Å². The number of hydrogen-bond donors (Lipinski definition) is 2. The lowest BCUT2D eigenvalue weighted by Gasteiger charge is -2.47. The van der Waals surface area contributed by atoms with Gasteiger partial charge in [0.1, 0.15) is 11.8 Å². The van der Waals surface area contributed by atoms with Crippen LogP contribution >= 0.6 is 0 Å². The van der Waals surface area contributed by atoms with Crippen LogP contribution in [0.5, 0.6) is 0 Å². The number of quaternary nitrogens is 1. The van der Waals surface area contributed by atoms with E-state index in [1.165, 1.54) is 30.8 Å². The number of hydrogen-bond acceptors (Lipinski definition) is 4. The first-order valence-corrected chi connectivity index (χ1v) is 9.78. The number of ether oxygens (including phenoxy) is 1. The molecule has 0 spiro atoms. The van der Waals surface area contributed by atoms with Gasteiger partial charge in [-0.2, -0.15) is 0 Å². The lowest BCUT2D eigenvalue weighted by Crippen LogP contribution is -2.65. The molecule has 0 saturated carbocycles. The highest BCUT2D eigenvalue weighted by molar-refractivity contribution is 6.00. The number of amides is 1. The molecule has 4 heterocycles. The van der Waals surface area contributed by atoms with E-state index in [-0.39, 0.29) is 29.7 Å². The molecule has 4 aliphatic heterocycles. The fourth-order valence-corrected chi connectivity index (χ4v) is 5.49. The Bertz CT molecular complexity index is 652. The summed E-state index contributed by atoms with van der Waals surface area (Å²) in [5, 5.41) is 19.8. The molecular weight excluding hydrogens is 336 g/mol. The SMILES string of the molecule is C[C@@H](O)[C@H]1C(=O)N2C(C(=O)O)=C3[C@@H](CC[N+]4(C)CCCC4)CCO[C@@H]3[C@H]12.